The van der Waals surface area contributed by atoms with Gasteiger partial charge >= 0.3 is 0 Å². The summed E-state index contributed by atoms with van der Waals surface area (Å²) in [6.45, 7) is 1.72. The number of pyridine rings is 1. The summed E-state index contributed by atoms with van der Waals surface area (Å²) in [5.74, 6) is -0.891. The van der Waals surface area contributed by atoms with Crippen LogP contribution in [0.15, 0.2) is 39.8 Å². The third kappa shape index (κ3) is 3.07. The lowest BCUT2D eigenvalue weighted by Gasteiger charge is -2.10. The molecule has 1 aromatic heterocycles. The van der Waals surface area contributed by atoms with Gasteiger partial charge in [0.1, 0.15) is 4.90 Å². The van der Waals surface area contributed by atoms with Crippen molar-refractivity contribution in [1.29, 1.82) is 0 Å². The molecule has 0 fully saturated rings. The highest BCUT2D eigenvalue weighted by Gasteiger charge is 2.22. The van der Waals surface area contributed by atoms with Gasteiger partial charge in [-0.15, -0.1) is 0 Å². The first-order valence-corrected chi connectivity index (χ1v) is 7.77. The zero-order valence-electron chi connectivity index (χ0n) is 10.4. The Morgan fingerprint density at radius 3 is 2.70 bits per heavy atom. The summed E-state index contributed by atoms with van der Waals surface area (Å²) in [7, 11) is -4.07. The highest BCUT2D eigenvalue weighted by atomic mass is 79.9. The van der Waals surface area contributed by atoms with E-state index in [9.17, 15) is 12.8 Å². The van der Waals surface area contributed by atoms with Crippen LogP contribution in [0, 0.1) is 12.7 Å². The van der Waals surface area contributed by atoms with E-state index >= 15 is 0 Å². The van der Waals surface area contributed by atoms with Crippen LogP contribution in [0.5, 0.6) is 0 Å². The molecule has 1 heterocycles. The minimum absolute atomic E-state index is 0.0104. The average molecular weight is 360 g/mol. The van der Waals surface area contributed by atoms with Gasteiger partial charge in [0, 0.05) is 17.6 Å². The van der Waals surface area contributed by atoms with E-state index in [-0.39, 0.29) is 10.2 Å². The molecule has 0 unspecified atom stereocenters. The summed E-state index contributed by atoms with van der Waals surface area (Å²) in [6, 6.07) is 5.38. The second-order valence-electron chi connectivity index (χ2n) is 4.11. The number of nitrogens with zero attached hydrogens (tertiary/aromatic N) is 1. The normalized spacial score (nSPS) is 11.3. The van der Waals surface area contributed by atoms with E-state index in [2.05, 4.69) is 25.6 Å². The van der Waals surface area contributed by atoms with Crippen molar-refractivity contribution >= 4 is 37.3 Å². The van der Waals surface area contributed by atoms with Crippen LogP contribution < -0.4 is 10.5 Å². The zero-order valence-corrected chi connectivity index (χ0v) is 12.8. The number of nitrogens with two attached hydrogens (primary N) is 1. The third-order valence-electron chi connectivity index (χ3n) is 2.46. The molecule has 0 aliphatic rings. The molecule has 0 atom stereocenters. The van der Waals surface area contributed by atoms with Crippen LogP contribution in [0.2, 0.25) is 0 Å². The number of nitrogen functional groups attached to an aromatic ring is 1. The van der Waals surface area contributed by atoms with Crippen molar-refractivity contribution in [1.82, 2.24) is 4.98 Å². The molecule has 0 radical (unpaired) electrons. The number of sulfonamides is 1. The van der Waals surface area contributed by atoms with Gasteiger partial charge in [-0.25, -0.2) is 12.8 Å². The van der Waals surface area contributed by atoms with Gasteiger partial charge in [0.2, 0.25) is 0 Å². The first-order chi connectivity index (χ1) is 9.29. The van der Waals surface area contributed by atoms with Gasteiger partial charge in [-0.1, -0.05) is 0 Å². The van der Waals surface area contributed by atoms with E-state index in [4.69, 9.17) is 5.73 Å². The Hall–Kier alpha value is -1.67. The monoisotopic (exact) mass is 359 g/mol. The molecular formula is C12H11BrFN3O2S. The molecule has 8 heteroatoms. The third-order valence-corrected chi connectivity index (χ3v) is 4.41. The van der Waals surface area contributed by atoms with Crippen LogP contribution in [0.1, 0.15) is 5.69 Å². The number of nitrogens with one attached hydrogen (secondary N) is 1. The maximum absolute atomic E-state index is 13.9. The number of rotatable bonds is 3. The molecule has 0 aliphatic heterocycles. The van der Waals surface area contributed by atoms with Gasteiger partial charge < -0.3 is 5.73 Å². The predicted octanol–water partition coefficient (Wildman–Crippen LogP) is 2.67. The summed E-state index contributed by atoms with van der Waals surface area (Å²) in [5, 5.41) is 0. The van der Waals surface area contributed by atoms with Crippen molar-refractivity contribution in [3.63, 3.8) is 0 Å². The Balaban J connectivity index is 2.46. The fourth-order valence-corrected chi connectivity index (χ4v) is 3.39. The molecule has 0 bridgehead atoms. The Bertz CT molecular complexity index is 765. The molecule has 0 saturated carbocycles. The van der Waals surface area contributed by atoms with Crippen LogP contribution >= 0.6 is 15.9 Å². The van der Waals surface area contributed by atoms with Crippen LogP contribution in [0.25, 0.3) is 0 Å². The minimum atomic E-state index is -4.07. The van der Waals surface area contributed by atoms with Crippen molar-refractivity contribution in [2.75, 3.05) is 10.5 Å². The fourth-order valence-electron chi connectivity index (χ4n) is 1.60. The van der Waals surface area contributed by atoms with Crippen molar-refractivity contribution in [2.24, 2.45) is 0 Å². The van der Waals surface area contributed by atoms with Crippen LogP contribution in [0.4, 0.5) is 15.8 Å². The van der Waals surface area contributed by atoms with Crippen LogP contribution in [0.3, 0.4) is 0 Å². The summed E-state index contributed by atoms with van der Waals surface area (Å²) in [6.07, 6.45) is 1.46. The number of hydrogen-bond acceptors (Lipinski definition) is 4. The lowest BCUT2D eigenvalue weighted by molar-refractivity contribution is 0.567. The molecule has 3 N–H and O–H groups in total. The molecule has 2 aromatic rings. The fraction of sp³-hybridized carbons (Fsp3) is 0.0833. The Kier molecular flexibility index (Phi) is 3.96. The number of hydrogen-bond donors (Lipinski definition) is 2. The molecule has 0 spiro atoms. The predicted molar refractivity (Wildman–Crippen MR) is 78.3 cm³/mol. The number of anilines is 2. The Labute approximate surface area is 124 Å². The van der Waals surface area contributed by atoms with Crippen molar-refractivity contribution < 1.29 is 12.8 Å². The van der Waals surface area contributed by atoms with Gasteiger partial charge in [0.05, 0.1) is 10.2 Å². The zero-order chi connectivity index (χ0) is 14.9. The lowest BCUT2D eigenvalue weighted by Crippen LogP contribution is -2.15. The van der Waals surface area contributed by atoms with E-state index in [1.54, 1.807) is 6.92 Å². The molecule has 0 aliphatic carbocycles. The van der Waals surface area contributed by atoms with E-state index in [0.717, 1.165) is 6.07 Å². The minimum Gasteiger partial charge on any atom is -0.399 e. The lowest BCUT2D eigenvalue weighted by atomic mass is 10.3. The number of aryl methyl sites for hydroxylation is 1. The van der Waals surface area contributed by atoms with Crippen LogP contribution in [-0.4, -0.2) is 13.4 Å². The van der Waals surface area contributed by atoms with Crippen LogP contribution in [-0.2, 0) is 10.0 Å². The van der Waals surface area contributed by atoms with Gasteiger partial charge in [-0.05, 0) is 47.1 Å². The number of benzene rings is 1. The highest BCUT2D eigenvalue weighted by molar-refractivity contribution is 9.10. The quantitative estimate of drug-likeness (QED) is 0.825. The van der Waals surface area contributed by atoms with Crippen molar-refractivity contribution in [3.05, 3.63) is 46.4 Å². The second kappa shape index (κ2) is 5.37. The molecule has 1 aromatic carbocycles. The summed E-state index contributed by atoms with van der Waals surface area (Å²) >= 11 is 2.93. The topological polar surface area (TPSA) is 85.1 Å². The first-order valence-electron chi connectivity index (χ1n) is 5.49. The molecule has 0 saturated heterocycles. The summed E-state index contributed by atoms with van der Waals surface area (Å²) in [5.41, 5.74) is 6.63. The maximum atomic E-state index is 13.9. The molecule has 0 amide bonds. The molecular weight excluding hydrogens is 349 g/mol. The Morgan fingerprint density at radius 2 is 2.05 bits per heavy atom. The number of aromatic nitrogens is 1. The van der Waals surface area contributed by atoms with Crippen molar-refractivity contribution in [2.45, 2.75) is 11.8 Å². The van der Waals surface area contributed by atoms with E-state index in [1.165, 1.54) is 24.4 Å². The molecule has 106 valence electrons. The van der Waals surface area contributed by atoms with E-state index in [1.807, 2.05) is 0 Å². The van der Waals surface area contributed by atoms with Gasteiger partial charge in [0.15, 0.2) is 5.82 Å². The maximum Gasteiger partial charge on any atom is 0.264 e. The van der Waals surface area contributed by atoms with Gasteiger partial charge in [-0.2, -0.15) is 0 Å². The molecule has 20 heavy (non-hydrogen) atoms. The Morgan fingerprint density at radius 1 is 1.35 bits per heavy atom. The summed E-state index contributed by atoms with van der Waals surface area (Å²) in [4.78, 5) is 3.44. The van der Waals surface area contributed by atoms with E-state index < -0.39 is 20.7 Å². The smallest absolute Gasteiger partial charge is 0.264 e. The van der Waals surface area contributed by atoms with E-state index in [0.29, 0.717) is 11.4 Å². The molecule has 5 nitrogen and oxygen atoms in total. The first kappa shape index (κ1) is 14.7. The van der Waals surface area contributed by atoms with Gasteiger partial charge in [-0.3, -0.25) is 9.71 Å². The largest absolute Gasteiger partial charge is 0.399 e. The second-order valence-corrected chi connectivity index (χ2v) is 6.61. The highest BCUT2D eigenvalue weighted by Crippen LogP contribution is 2.27. The van der Waals surface area contributed by atoms with Crippen molar-refractivity contribution in [3.8, 4) is 0 Å². The molecule has 2 rings (SSSR count). The SMILES string of the molecule is Cc1cc(NS(=O)(=O)c2cc(N)cc(Br)c2F)ccn1. The standard InChI is InChI=1S/C12H11BrFN3O2S/c1-7-4-9(2-3-16-7)17-20(18,19)11-6-8(15)5-10(13)12(11)14/h2-6H,15H2,1H3,(H,16,17). The number of halogens is 2. The summed E-state index contributed by atoms with van der Waals surface area (Å²) < 4.78 is 40.6. The average Bonchev–Trinajstić information content (AvgIpc) is 2.33. The van der Waals surface area contributed by atoms with Gasteiger partial charge in [0.25, 0.3) is 10.0 Å².